The Kier molecular flexibility index (Phi) is 9.00. The van der Waals surface area contributed by atoms with E-state index in [4.69, 9.17) is 10.7 Å². The quantitative estimate of drug-likeness (QED) is 0.154. The molecule has 0 aliphatic heterocycles. The molecule has 4 N–H and O–H groups in total. The van der Waals surface area contributed by atoms with E-state index >= 15 is 0 Å². The highest BCUT2D eigenvalue weighted by atomic mass is 32.1. The Labute approximate surface area is 246 Å². The van der Waals surface area contributed by atoms with Gasteiger partial charge in [0.05, 0.1) is 11.1 Å². The van der Waals surface area contributed by atoms with E-state index in [1.807, 2.05) is 6.07 Å². The Morgan fingerprint density at radius 3 is 2.51 bits per heavy atom. The normalized spacial score (nSPS) is 17.0. The summed E-state index contributed by atoms with van der Waals surface area (Å²) in [5.74, 6) is 1.20. The van der Waals surface area contributed by atoms with Crippen LogP contribution < -0.4 is 16.4 Å². The summed E-state index contributed by atoms with van der Waals surface area (Å²) in [6.07, 6.45) is 10.4. The summed E-state index contributed by atoms with van der Waals surface area (Å²) in [7, 11) is 0. The first-order valence-corrected chi connectivity index (χ1v) is 15.7. The van der Waals surface area contributed by atoms with Gasteiger partial charge in [0, 0.05) is 29.6 Å². The minimum atomic E-state index is 0.413. The predicted molar refractivity (Wildman–Crippen MR) is 169 cm³/mol. The third-order valence-corrected chi connectivity index (χ3v) is 9.05. The van der Waals surface area contributed by atoms with Crippen LogP contribution in [0.25, 0.3) is 21.6 Å². The number of anilines is 1. The van der Waals surface area contributed by atoms with Crippen molar-refractivity contribution in [3.63, 3.8) is 0 Å². The molecule has 3 heterocycles. The zero-order chi connectivity index (χ0) is 27.9. The molecule has 0 spiro atoms. The molecule has 1 fully saturated rings. The van der Waals surface area contributed by atoms with E-state index < -0.39 is 0 Å². The molecule has 1 saturated carbocycles. The molecular weight excluding hydrogens is 526 g/mol. The second-order valence-corrected chi connectivity index (χ2v) is 11.9. The number of hydrogen-bond acceptors (Lipinski definition) is 7. The molecule has 0 radical (unpaired) electrons. The molecule has 1 aliphatic rings. The minimum absolute atomic E-state index is 0.413. The number of aromatic nitrogens is 4. The molecule has 8 heteroatoms. The van der Waals surface area contributed by atoms with Gasteiger partial charge in [-0.15, -0.1) is 11.3 Å². The third-order valence-electron chi connectivity index (χ3n) is 8.13. The van der Waals surface area contributed by atoms with E-state index in [0.717, 1.165) is 85.6 Å². The number of thiazole rings is 1. The van der Waals surface area contributed by atoms with E-state index in [2.05, 4.69) is 91.3 Å². The fourth-order valence-electron chi connectivity index (χ4n) is 6.00. The molecular formula is C33H39N7S. The first-order chi connectivity index (χ1) is 20.2. The summed E-state index contributed by atoms with van der Waals surface area (Å²) in [5, 5.41) is 11.3. The van der Waals surface area contributed by atoms with Gasteiger partial charge in [-0.1, -0.05) is 60.7 Å². The van der Waals surface area contributed by atoms with Crippen LogP contribution in [0.5, 0.6) is 0 Å². The lowest BCUT2D eigenvalue weighted by Crippen LogP contribution is -2.26. The molecule has 2 aromatic carbocycles. The standard InChI is InChI=1S/C33H39N7S/c34-31-30-29(33-39-27(22-41-33)18-25-10-5-2-6-11-25)21-40(32(30)38-23-37-31)28-13-12-26(19-28)20-36-16-7-15-35-17-14-24-8-3-1-4-9-24/h1-6,8-11,21-23,26,28,35-36H,7,12-20H2,(H2,34,37,38). The van der Waals surface area contributed by atoms with Crippen molar-refractivity contribution < 1.29 is 0 Å². The van der Waals surface area contributed by atoms with E-state index in [-0.39, 0.29) is 0 Å². The van der Waals surface area contributed by atoms with Crippen LogP contribution in [0.4, 0.5) is 5.82 Å². The fraction of sp³-hybridized carbons (Fsp3) is 0.364. The van der Waals surface area contributed by atoms with E-state index in [1.165, 1.54) is 17.5 Å². The number of nitrogens with zero attached hydrogens (tertiary/aromatic N) is 4. The molecule has 0 saturated heterocycles. The summed E-state index contributed by atoms with van der Waals surface area (Å²) in [6.45, 7) is 4.20. The highest BCUT2D eigenvalue weighted by Gasteiger charge is 2.29. The summed E-state index contributed by atoms with van der Waals surface area (Å²) in [5.41, 5.74) is 12.1. The summed E-state index contributed by atoms with van der Waals surface area (Å²) < 4.78 is 2.34. The maximum atomic E-state index is 6.42. The summed E-state index contributed by atoms with van der Waals surface area (Å²) >= 11 is 1.67. The average molecular weight is 566 g/mol. The Bertz CT molecular complexity index is 1530. The van der Waals surface area contributed by atoms with Gasteiger partial charge in [-0.25, -0.2) is 15.0 Å². The third kappa shape index (κ3) is 6.84. The van der Waals surface area contributed by atoms with Crippen LogP contribution in [0.3, 0.4) is 0 Å². The van der Waals surface area contributed by atoms with Gasteiger partial charge in [0.2, 0.25) is 0 Å². The number of benzene rings is 2. The Morgan fingerprint density at radius 1 is 0.902 bits per heavy atom. The lowest BCUT2D eigenvalue weighted by atomic mass is 10.1. The lowest BCUT2D eigenvalue weighted by molar-refractivity contribution is 0.452. The molecule has 2 unspecified atom stereocenters. The van der Waals surface area contributed by atoms with Crippen molar-refractivity contribution in [2.75, 3.05) is 31.9 Å². The molecule has 3 aromatic heterocycles. The number of nitrogens with two attached hydrogens (primary N) is 1. The van der Waals surface area contributed by atoms with Crippen LogP contribution in [-0.4, -0.2) is 45.7 Å². The topological polar surface area (TPSA) is 93.7 Å². The van der Waals surface area contributed by atoms with Gasteiger partial charge >= 0.3 is 0 Å². The van der Waals surface area contributed by atoms with Gasteiger partial charge in [0.15, 0.2) is 0 Å². The average Bonchev–Trinajstić information content (AvgIpc) is 3.75. The largest absolute Gasteiger partial charge is 0.383 e. The van der Waals surface area contributed by atoms with E-state index in [1.54, 1.807) is 17.7 Å². The Hall–Kier alpha value is -3.59. The van der Waals surface area contributed by atoms with Crippen molar-refractivity contribution in [1.82, 2.24) is 30.2 Å². The molecule has 7 nitrogen and oxygen atoms in total. The highest BCUT2D eigenvalue weighted by molar-refractivity contribution is 7.13. The molecule has 0 bridgehead atoms. The zero-order valence-corrected chi connectivity index (χ0v) is 24.3. The maximum absolute atomic E-state index is 6.42. The predicted octanol–water partition coefficient (Wildman–Crippen LogP) is 5.88. The van der Waals surface area contributed by atoms with Gasteiger partial charge in [-0.2, -0.15) is 0 Å². The highest BCUT2D eigenvalue weighted by Crippen LogP contribution is 2.41. The fourth-order valence-corrected chi connectivity index (χ4v) is 6.83. The second kappa shape index (κ2) is 13.4. The minimum Gasteiger partial charge on any atom is -0.383 e. The van der Waals surface area contributed by atoms with Crippen molar-refractivity contribution in [3.05, 3.63) is 95.4 Å². The van der Waals surface area contributed by atoms with Gasteiger partial charge in [-0.3, -0.25) is 0 Å². The molecule has 212 valence electrons. The van der Waals surface area contributed by atoms with Crippen LogP contribution in [0.2, 0.25) is 0 Å². The number of nitrogen functional groups attached to an aromatic ring is 1. The van der Waals surface area contributed by atoms with Crippen molar-refractivity contribution >= 4 is 28.2 Å². The number of nitrogens with one attached hydrogen (secondary N) is 2. The van der Waals surface area contributed by atoms with Gasteiger partial charge in [-0.05, 0) is 75.3 Å². The summed E-state index contributed by atoms with van der Waals surface area (Å²) in [4.78, 5) is 14.0. The molecule has 1 aliphatic carbocycles. The smallest absolute Gasteiger partial charge is 0.146 e. The van der Waals surface area contributed by atoms with Crippen LogP contribution in [0.15, 0.2) is 78.6 Å². The summed E-state index contributed by atoms with van der Waals surface area (Å²) in [6, 6.07) is 21.6. The molecule has 5 aromatic rings. The maximum Gasteiger partial charge on any atom is 0.146 e. The number of fused-ring (bicyclic) bond motifs is 1. The Morgan fingerprint density at radius 2 is 1.68 bits per heavy atom. The first kappa shape index (κ1) is 27.6. The Balaban J connectivity index is 1.03. The van der Waals surface area contributed by atoms with Gasteiger partial charge < -0.3 is 20.9 Å². The lowest BCUT2D eigenvalue weighted by Gasteiger charge is -2.15. The monoisotopic (exact) mass is 565 g/mol. The first-order valence-electron chi connectivity index (χ1n) is 14.8. The molecule has 41 heavy (non-hydrogen) atoms. The second-order valence-electron chi connectivity index (χ2n) is 11.1. The number of rotatable bonds is 13. The van der Waals surface area contributed by atoms with Crippen LogP contribution in [0.1, 0.15) is 48.5 Å². The SMILES string of the molecule is Nc1ncnc2c1c(-c1nc(Cc3ccccc3)cs1)cn2C1CCC(CNCCCNCCc2ccccc2)C1. The van der Waals surface area contributed by atoms with E-state index in [9.17, 15) is 0 Å². The number of hydrogen-bond donors (Lipinski definition) is 3. The van der Waals surface area contributed by atoms with Crippen LogP contribution in [-0.2, 0) is 12.8 Å². The van der Waals surface area contributed by atoms with E-state index in [0.29, 0.717) is 17.8 Å². The molecule has 6 rings (SSSR count). The van der Waals surface area contributed by atoms with Crippen molar-refractivity contribution in [3.8, 4) is 10.6 Å². The van der Waals surface area contributed by atoms with Crippen molar-refractivity contribution in [2.45, 2.75) is 44.6 Å². The van der Waals surface area contributed by atoms with Crippen LogP contribution in [0, 0.1) is 5.92 Å². The van der Waals surface area contributed by atoms with Crippen molar-refractivity contribution in [2.24, 2.45) is 5.92 Å². The molecule has 2 atom stereocenters. The van der Waals surface area contributed by atoms with Crippen molar-refractivity contribution in [1.29, 1.82) is 0 Å². The van der Waals surface area contributed by atoms with Crippen LogP contribution >= 0.6 is 11.3 Å². The molecule has 0 amide bonds. The van der Waals surface area contributed by atoms with Gasteiger partial charge in [0.1, 0.15) is 22.8 Å². The zero-order valence-electron chi connectivity index (χ0n) is 23.5. The van der Waals surface area contributed by atoms with Gasteiger partial charge in [0.25, 0.3) is 0 Å².